The summed E-state index contributed by atoms with van der Waals surface area (Å²) in [6, 6.07) is 6.46. The Morgan fingerprint density at radius 3 is 2.42 bits per heavy atom. The lowest BCUT2D eigenvalue weighted by molar-refractivity contribution is -0.139. The van der Waals surface area contributed by atoms with E-state index in [0.29, 0.717) is 13.0 Å². The number of imide groups is 1. The second kappa shape index (κ2) is 5.22. The van der Waals surface area contributed by atoms with Gasteiger partial charge < -0.3 is 5.11 Å². The molecular formula is C14H15NO4. The van der Waals surface area contributed by atoms with Crippen LogP contribution in [0.3, 0.4) is 0 Å². The van der Waals surface area contributed by atoms with E-state index >= 15 is 0 Å². The summed E-state index contributed by atoms with van der Waals surface area (Å²) in [5.41, 5.74) is 1.14. The summed E-state index contributed by atoms with van der Waals surface area (Å²) in [5, 5.41) is 8.78. The zero-order valence-electron chi connectivity index (χ0n) is 10.6. The minimum absolute atomic E-state index is 0.118. The monoisotopic (exact) mass is 261 g/mol. The van der Waals surface area contributed by atoms with E-state index in [4.69, 9.17) is 5.11 Å². The maximum Gasteiger partial charge on any atom is 0.335 e. The first kappa shape index (κ1) is 13.3. The Morgan fingerprint density at radius 2 is 1.95 bits per heavy atom. The lowest BCUT2D eigenvalue weighted by Gasteiger charge is -2.14. The van der Waals surface area contributed by atoms with E-state index in [0.717, 1.165) is 5.56 Å². The molecule has 0 aromatic heterocycles. The summed E-state index contributed by atoms with van der Waals surface area (Å²) in [4.78, 5) is 35.3. The van der Waals surface area contributed by atoms with Crippen LogP contribution >= 0.6 is 0 Å². The standard InChI is InChI=1S/C14H15NO4/c1-9-8-12(16)15(13(9)17)7-6-10-2-4-11(5-3-10)14(18)19/h2-5,9H,6-8H2,1H3,(H,18,19). The summed E-state index contributed by atoms with van der Waals surface area (Å²) in [5.74, 6) is -1.43. The van der Waals surface area contributed by atoms with Crippen LogP contribution in [-0.2, 0) is 16.0 Å². The largest absolute Gasteiger partial charge is 0.478 e. The molecule has 1 aliphatic rings. The molecule has 1 saturated heterocycles. The fourth-order valence-corrected chi connectivity index (χ4v) is 2.14. The predicted octanol–water partition coefficient (Wildman–Crippen LogP) is 1.32. The number of carboxylic acid groups (broad SMARTS) is 1. The maximum absolute atomic E-state index is 11.7. The van der Waals surface area contributed by atoms with Crippen LogP contribution in [0.1, 0.15) is 29.3 Å². The van der Waals surface area contributed by atoms with E-state index in [9.17, 15) is 14.4 Å². The van der Waals surface area contributed by atoms with Crippen molar-refractivity contribution in [3.8, 4) is 0 Å². The van der Waals surface area contributed by atoms with Crippen LogP contribution in [0.25, 0.3) is 0 Å². The minimum atomic E-state index is -0.967. The number of aromatic carboxylic acids is 1. The lowest BCUT2D eigenvalue weighted by atomic mass is 10.1. The number of benzene rings is 1. The molecule has 1 heterocycles. The van der Waals surface area contributed by atoms with Crippen molar-refractivity contribution in [3.05, 3.63) is 35.4 Å². The van der Waals surface area contributed by atoms with Gasteiger partial charge in [0.15, 0.2) is 0 Å². The van der Waals surface area contributed by atoms with Crippen LogP contribution in [0.15, 0.2) is 24.3 Å². The van der Waals surface area contributed by atoms with E-state index < -0.39 is 5.97 Å². The summed E-state index contributed by atoms with van der Waals surface area (Å²) in [6.45, 7) is 2.11. The fourth-order valence-electron chi connectivity index (χ4n) is 2.14. The molecule has 0 radical (unpaired) electrons. The number of carboxylic acids is 1. The Bertz CT molecular complexity index is 521. The molecule has 1 fully saturated rings. The molecule has 100 valence electrons. The second-order valence-electron chi connectivity index (χ2n) is 4.74. The fraction of sp³-hybridized carbons (Fsp3) is 0.357. The molecule has 5 heteroatoms. The van der Waals surface area contributed by atoms with Crippen LogP contribution in [0.5, 0.6) is 0 Å². The third-order valence-electron chi connectivity index (χ3n) is 3.29. The normalized spacial score (nSPS) is 19.0. The molecule has 0 spiro atoms. The Kier molecular flexibility index (Phi) is 3.64. The second-order valence-corrected chi connectivity index (χ2v) is 4.74. The smallest absolute Gasteiger partial charge is 0.335 e. The maximum atomic E-state index is 11.7. The van der Waals surface area contributed by atoms with Crippen LogP contribution in [0, 0.1) is 5.92 Å². The van der Waals surface area contributed by atoms with Gasteiger partial charge in [-0.1, -0.05) is 19.1 Å². The molecule has 0 saturated carbocycles. The molecule has 1 atom stereocenters. The van der Waals surface area contributed by atoms with Crippen LogP contribution in [-0.4, -0.2) is 34.3 Å². The van der Waals surface area contributed by atoms with Gasteiger partial charge in [-0.3, -0.25) is 14.5 Å². The molecule has 1 N–H and O–H groups in total. The van der Waals surface area contributed by atoms with Crippen molar-refractivity contribution in [2.75, 3.05) is 6.54 Å². The van der Waals surface area contributed by atoms with Crippen LogP contribution in [0.2, 0.25) is 0 Å². The first-order chi connectivity index (χ1) is 8.99. The summed E-state index contributed by atoms with van der Waals surface area (Å²) >= 11 is 0. The van der Waals surface area contributed by atoms with Crippen molar-refractivity contribution in [1.82, 2.24) is 4.90 Å². The van der Waals surface area contributed by atoms with Gasteiger partial charge in [-0.2, -0.15) is 0 Å². The van der Waals surface area contributed by atoms with Gasteiger partial charge in [0.1, 0.15) is 0 Å². The highest BCUT2D eigenvalue weighted by atomic mass is 16.4. The minimum Gasteiger partial charge on any atom is -0.478 e. The highest BCUT2D eigenvalue weighted by Gasteiger charge is 2.34. The summed E-state index contributed by atoms with van der Waals surface area (Å²) in [7, 11) is 0. The highest BCUT2D eigenvalue weighted by Crippen LogP contribution is 2.19. The predicted molar refractivity (Wildman–Crippen MR) is 67.6 cm³/mol. The molecule has 1 aromatic rings. The van der Waals surface area contributed by atoms with Crippen LogP contribution < -0.4 is 0 Å². The molecular weight excluding hydrogens is 246 g/mol. The zero-order chi connectivity index (χ0) is 14.0. The van der Waals surface area contributed by atoms with E-state index in [2.05, 4.69) is 0 Å². The molecule has 19 heavy (non-hydrogen) atoms. The third kappa shape index (κ3) is 2.81. The first-order valence-corrected chi connectivity index (χ1v) is 6.15. The van der Waals surface area contributed by atoms with Crippen molar-refractivity contribution < 1.29 is 19.5 Å². The number of hydrogen-bond donors (Lipinski definition) is 1. The van der Waals surface area contributed by atoms with Crippen molar-refractivity contribution in [2.45, 2.75) is 19.8 Å². The van der Waals surface area contributed by atoms with Gasteiger partial charge in [-0.05, 0) is 24.1 Å². The molecule has 1 aliphatic heterocycles. The van der Waals surface area contributed by atoms with Gasteiger partial charge >= 0.3 is 5.97 Å². The number of carbonyl (C=O) groups excluding carboxylic acids is 2. The van der Waals surface area contributed by atoms with E-state index in [1.807, 2.05) is 0 Å². The Balaban J connectivity index is 1.97. The summed E-state index contributed by atoms with van der Waals surface area (Å²) in [6.07, 6.45) is 0.834. The molecule has 5 nitrogen and oxygen atoms in total. The van der Waals surface area contributed by atoms with Crippen molar-refractivity contribution in [1.29, 1.82) is 0 Å². The topological polar surface area (TPSA) is 74.7 Å². The summed E-state index contributed by atoms with van der Waals surface area (Å²) < 4.78 is 0. The number of likely N-dealkylation sites (tertiary alicyclic amines) is 1. The first-order valence-electron chi connectivity index (χ1n) is 6.15. The lowest BCUT2D eigenvalue weighted by Crippen LogP contribution is -2.32. The zero-order valence-corrected chi connectivity index (χ0v) is 10.6. The number of carbonyl (C=O) groups is 3. The molecule has 1 unspecified atom stereocenters. The van der Waals surface area contributed by atoms with E-state index in [1.165, 1.54) is 17.0 Å². The average Bonchev–Trinajstić information content (AvgIpc) is 2.62. The van der Waals surface area contributed by atoms with Gasteiger partial charge in [0, 0.05) is 18.9 Å². The Morgan fingerprint density at radius 1 is 1.32 bits per heavy atom. The number of nitrogens with zero attached hydrogens (tertiary/aromatic N) is 1. The van der Waals surface area contributed by atoms with Gasteiger partial charge in [-0.15, -0.1) is 0 Å². The van der Waals surface area contributed by atoms with Crippen LogP contribution in [0.4, 0.5) is 0 Å². The molecule has 2 amide bonds. The Hall–Kier alpha value is -2.17. The quantitative estimate of drug-likeness (QED) is 0.829. The van der Waals surface area contributed by atoms with Crippen molar-refractivity contribution >= 4 is 17.8 Å². The molecule has 2 rings (SSSR count). The van der Waals surface area contributed by atoms with Crippen molar-refractivity contribution in [2.24, 2.45) is 5.92 Å². The number of rotatable bonds is 4. The molecule has 1 aromatic carbocycles. The van der Waals surface area contributed by atoms with E-state index in [1.54, 1.807) is 19.1 Å². The third-order valence-corrected chi connectivity index (χ3v) is 3.29. The molecule has 0 aliphatic carbocycles. The van der Waals surface area contributed by atoms with Gasteiger partial charge in [0.25, 0.3) is 0 Å². The highest BCUT2D eigenvalue weighted by molar-refractivity contribution is 6.03. The van der Waals surface area contributed by atoms with E-state index in [-0.39, 0.29) is 29.7 Å². The number of amides is 2. The van der Waals surface area contributed by atoms with Gasteiger partial charge in [0.2, 0.25) is 11.8 Å². The molecule has 0 bridgehead atoms. The van der Waals surface area contributed by atoms with Gasteiger partial charge in [-0.25, -0.2) is 4.79 Å². The SMILES string of the molecule is CC1CC(=O)N(CCc2ccc(C(=O)O)cc2)C1=O. The average molecular weight is 261 g/mol. The van der Waals surface area contributed by atoms with Crippen molar-refractivity contribution in [3.63, 3.8) is 0 Å². The number of hydrogen-bond acceptors (Lipinski definition) is 3. The Labute approximate surface area is 110 Å². The van der Waals surface area contributed by atoms with Gasteiger partial charge in [0.05, 0.1) is 5.56 Å².